The largest absolute Gasteiger partial charge is 0.480 e. The minimum Gasteiger partial charge on any atom is -0.480 e. The Morgan fingerprint density at radius 1 is 1.10 bits per heavy atom. The number of hydrogen-bond acceptors (Lipinski definition) is 7. The molecule has 0 radical (unpaired) electrons. The topological polar surface area (TPSA) is 87.8 Å². The number of benzene rings is 1. The van der Waals surface area contributed by atoms with Gasteiger partial charge < -0.3 is 14.0 Å². The number of alkyl halides is 3. The third kappa shape index (κ3) is 5.27. The smallest absolute Gasteiger partial charge is 0.434 e. The van der Waals surface area contributed by atoms with Crippen LogP contribution >= 0.6 is 0 Å². The number of ether oxygens (including phenoxy) is 2. The summed E-state index contributed by atoms with van der Waals surface area (Å²) >= 11 is 0. The predicted octanol–water partition coefficient (Wildman–Crippen LogP) is 6.08. The molecule has 204 valence electrons. The van der Waals surface area contributed by atoms with Crippen molar-refractivity contribution in [2.24, 2.45) is 7.05 Å². The Morgan fingerprint density at radius 3 is 2.51 bits per heavy atom. The molecule has 3 aromatic heterocycles. The first kappa shape index (κ1) is 26.5. The third-order valence-corrected chi connectivity index (χ3v) is 6.59. The van der Waals surface area contributed by atoms with Crippen molar-refractivity contribution in [1.29, 1.82) is 0 Å². The first-order valence-corrected chi connectivity index (χ1v) is 12.4. The highest BCUT2D eigenvalue weighted by atomic mass is 19.4. The monoisotopic (exact) mass is 542 g/mol. The molecular formula is C27H26F4N6O2. The van der Waals surface area contributed by atoms with E-state index in [9.17, 15) is 13.2 Å². The van der Waals surface area contributed by atoms with E-state index in [1.54, 1.807) is 32.2 Å². The van der Waals surface area contributed by atoms with Crippen molar-refractivity contribution in [3.63, 3.8) is 0 Å². The van der Waals surface area contributed by atoms with Crippen molar-refractivity contribution in [3.05, 3.63) is 65.3 Å². The van der Waals surface area contributed by atoms with E-state index in [1.165, 1.54) is 31.1 Å². The van der Waals surface area contributed by atoms with Crippen LogP contribution in [0.2, 0.25) is 0 Å². The molecule has 0 unspecified atom stereocenters. The van der Waals surface area contributed by atoms with Crippen molar-refractivity contribution < 1.29 is 27.0 Å². The second kappa shape index (κ2) is 10.2. The van der Waals surface area contributed by atoms with Crippen molar-refractivity contribution in [2.45, 2.75) is 51.3 Å². The Bertz CT molecular complexity index is 1520. The number of aryl methyl sites for hydroxylation is 2. The summed E-state index contributed by atoms with van der Waals surface area (Å²) in [6, 6.07) is 4.56. The number of nitrogens with zero attached hydrogens (tertiary/aromatic N) is 6. The van der Waals surface area contributed by atoms with E-state index >= 15 is 4.39 Å². The highest BCUT2D eigenvalue weighted by Gasteiger charge is 2.35. The summed E-state index contributed by atoms with van der Waals surface area (Å²) in [7, 11) is 2.92. The van der Waals surface area contributed by atoms with E-state index in [0.29, 0.717) is 40.7 Å². The van der Waals surface area contributed by atoms with Gasteiger partial charge in [0.05, 0.1) is 18.4 Å². The molecule has 0 aliphatic heterocycles. The molecule has 1 fully saturated rings. The summed E-state index contributed by atoms with van der Waals surface area (Å²) < 4.78 is 67.7. The molecule has 0 bridgehead atoms. The lowest BCUT2D eigenvalue weighted by molar-refractivity contribution is -0.140. The average Bonchev–Trinajstić information content (AvgIpc) is 3.68. The number of aromatic nitrogens is 6. The number of hydrogen-bond donors (Lipinski definition) is 0. The first-order valence-electron chi connectivity index (χ1n) is 12.4. The number of rotatable bonds is 8. The zero-order valence-electron chi connectivity index (χ0n) is 21.8. The SMILES string of the molecule is CCc1cc([C@@H](C)Oc2ccnc(-c3c(OC)ncnc3C3CC3)n2)cc(F)c1-c1nc(C(F)(F)F)cn1C. The van der Waals surface area contributed by atoms with Crippen LogP contribution < -0.4 is 9.47 Å². The van der Waals surface area contributed by atoms with E-state index in [4.69, 9.17) is 9.47 Å². The van der Waals surface area contributed by atoms with E-state index in [0.717, 1.165) is 24.7 Å². The maximum absolute atomic E-state index is 15.4. The average molecular weight is 543 g/mol. The molecule has 0 amide bonds. The van der Waals surface area contributed by atoms with Gasteiger partial charge in [0.25, 0.3) is 0 Å². The molecule has 4 aromatic rings. The van der Waals surface area contributed by atoms with Gasteiger partial charge in [-0.2, -0.15) is 18.2 Å². The first-order chi connectivity index (χ1) is 18.6. The highest BCUT2D eigenvalue weighted by Crippen LogP contribution is 2.45. The van der Waals surface area contributed by atoms with Crippen LogP contribution in [0.4, 0.5) is 17.6 Å². The molecule has 5 rings (SSSR count). The fraction of sp³-hybridized carbons (Fsp3) is 0.370. The van der Waals surface area contributed by atoms with Gasteiger partial charge in [0.15, 0.2) is 11.5 Å². The fourth-order valence-electron chi connectivity index (χ4n) is 4.48. The number of halogens is 4. The summed E-state index contributed by atoms with van der Waals surface area (Å²) in [4.78, 5) is 21.2. The lowest BCUT2D eigenvalue weighted by Crippen LogP contribution is -2.09. The van der Waals surface area contributed by atoms with Crippen LogP contribution in [0.3, 0.4) is 0 Å². The van der Waals surface area contributed by atoms with Crippen LogP contribution in [0.25, 0.3) is 22.8 Å². The number of imidazole rings is 1. The van der Waals surface area contributed by atoms with Gasteiger partial charge in [-0.05, 0) is 43.4 Å². The van der Waals surface area contributed by atoms with Gasteiger partial charge in [-0.25, -0.2) is 24.3 Å². The highest BCUT2D eigenvalue weighted by molar-refractivity contribution is 5.66. The molecule has 1 aromatic carbocycles. The van der Waals surface area contributed by atoms with Crippen molar-refractivity contribution in [3.8, 4) is 34.5 Å². The van der Waals surface area contributed by atoms with Crippen LogP contribution in [0.15, 0.2) is 36.9 Å². The molecule has 0 N–H and O–H groups in total. The van der Waals surface area contributed by atoms with E-state index < -0.39 is 23.8 Å². The fourth-order valence-corrected chi connectivity index (χ4v) is 4.48. The van der Waals surface area contributed by atoms with Gasteiger partial charge >= 0.3 is 6.18 Å². The second-order valence-corrected chi connectivity index (χ2v) is 9.34. The van der Waals surface area contributed by atoms with Crippen molar-refractivity contribution in [2.75, 3.05) is 7.11 Å². The van der Waals surface area contributed by atoms with Crippen LogP contribution in [0, 0.1) is 5.82 Å². The zero-order chi connectivity index (χ0) is 27.9. The molecule has 3 heterocycles. The van der Waals surface area contributed by atoms with Gasteiger partial charge in [-0.1, -0.05) is 13.0 Å². The summed E-state index contributed by atoms with van der Waals surface area (Å²) in [6.07, 6.45) is 0.982. The Hall–Kier alpha value is -4.09. The summed E-state index contributed by atoms with van der Waals surface area (Å²) in [5.41, 5.74) is 1.38. The number of methoxy groups -OCH3 is 1. The van der Waals surface area contributed by atoms with Gasteiger partial charge in [-0.3, -0.25) is 0 Å². The Balaban J connectivity index is 1.45. The minimum absolute atomic E-state index is 0.0274. The summed E-state index contributed by atoms with van der Waals surface area (Å²) in [6.45, 7) is 3.53. The Kier molecular flexibility index (Phi) is 6.96. The van der Waals surface area contributed by atoms with Crippen molar-refractivity contribution >= 4 is 0 Å². The molecule has 8 nitrogen and oxygen atoms in total. The van der Waals surface area contributed by atoms with E-state index in [-0.39, 0.29) is 17.3 Å². The van der Waals surface area contributed by atoms with Gasteiger partial charge in [0.2, 0.25) is 11.8 Å². The van der Waals surface area contributed by atoms with Gasteiger partial charge in [-0.15, -0.1) is 0 Å². The molecule has 39 heavy (non-hydrogen) atoms. The van der Waals surface area contributed by atoms with E-state index in [2.05, 4.69) is 24.9 Å². The molecule has 0 spiro atoms. The molecule has 1 aliphatic rings. The molecular weight excluding hydrogens is 516 g/mol. The summed E-state index contributed by atoms with van der Waals surface area (Å²) in [5, 5.41) is 0. The molecule has 12 heteroatoms. The van der Waals surface area contributed by atoms with E-state index in [1.807, 2.05) is 0 Å². The minimum atomic E-state index is -4.63. The van der Waals surface area contributed by atoms with Crippen LogP contribution in [-0.2, 0) is 19.6 Å². The second-order valence-electron chi connectivity index (χ2n) is 9.34. The molecule has 1 atom stereocenters. The summed E-state index contributed by atoms with van der Waals surface area (Å²) in [5.74, 6) is 0.481. The maximum atomic E-state index is 15.4. The third-order valence-electron chi connectivity index (χ3n) is 6.59. The normalized spacial score (nSPS) is 14.4. The Morgan fingerprint density at radius 2 is 1.87 bits per heavy atom. The standard InChI is InChI=1S/C27H26F4N6O2/c1-5-15-10-17(11-18(28)21(15)25-35-19(12-37(25)3)27(29,30)31)14(2)39-20-8-9-32-24(36-20)22-23(16-6-7-16)33-13-34-26(22)38-4/h8-14,16H,5-7H2,1-4H3/t14-/m1/s1. The van der Waals surface area contributed by atoms with Gasteiger partial charge in [0, 0.05) is 31.4 Å². The quantitative estimate of drug-likeness (QED) is 0.249. The van der Waals surface area contributed by atoms with Gasteiger partial charge in [0.1, 0.15) is 29.6 Å². The predicted molar refractivity (Wildman–Crippen MR) is 134 cm³/mol. The molecule has 1 saturated carbocycles. The maximum Gasteiger partial charge on any atom is 0.434 e. The lowest BCUT2D eigenvalue weighted by atomic mass is 9.98. The van der Waals surface area contributed by atoms with Crippen LogP contribution in [-0.4, -0.2) is 36.6 Å². The molecule has 0 saturated heterocycles. The molecule has 1 aliphatic carbocycles. The van der Waals surface area contributed by atoms with Crippen LogP contribution in [0.5, 0.6) is 11.8 Å². The van der Waals surface area contributed by atoms with Crippen molar-refractivity contribution in [1.82, 2.24) is 29.5 Å². The lowest BCUT2D eigenvalue weighted by Gasteiger charge is -2.18. The Labute approximate surface area is 222 Å². The zero-order valence-corrected chi connectivity index (χ0v) is 21.8. The van der Waals surface area contributed by atoms with Crippen LogP contribution in [0.1, 0.15) is 61.2 Å².